The van der Waals surface area contributed by atoms with Crippen molar-refractivity contribution in [1.82, 2.24) is 0 Å². The number of nitriles is 3. The van der Waals surface area contributed by atoms with Crippen LogP contribution in [0, 0.1) is 32.0 Å². The van der Waals surface area contributed by atoms with Crippen LogP contribution in [0.2, 0.25) is 0 Å². The first-order valence-electron chi connectivity index (χ1n) is 1.28. The maximum absolute atomic E-state index is 7.13. The van der Waals surface area contributed by atoms with Gasteiger partial charge in [0.15, 0.2) is 0 Å². The van der Waals surface area contributed by atoms with Crippen molar-refractivity contribution in [3.05, 3.63) is 0 Å². The first-order valence-corrected chi connectivity index (χ1v) is 2.51. The molecule has 0 aliphatic heterocycles. The number of nitrogens with zero attached hydrogens (tertiary/aromatic N) is 3. The van der Waals surface area contributed by atoms with Gasteiger partial charge < -0.3 is 37.9 Å². The molecule has 11 heavy (non-hydrogen) atoms. The SMILES string of the molecule is N#C[S-].N#C[S-].N#C[S-].[Au+3].[Na]. The molecule has 0 spiro atoms. The molecule has 1 radical (unpaired) electrons. The van der Waals surface area contributed by atoms with Crippen molar-refractivity contribution < 1.29 is 22.4 Å². The minimum absolute atomic E-state index is 0. The average molecular weight is 394 g/mol. The Morgan fingerprint density at radius 3 is 0.727 bits per heavy atom. The van der Waals surface area contributed by atoms with E-state index in [1.807, 2.05) is 0 Å². The standard InChI is InChI=1S/3CHNS.Au.Na/c3*2-1-3;;/h3*3H;;/q;;;+3;/p-3. The number of rotatable bonds is 0. The van der Waals surface area contributed by atoms with Gasteiger partial charge in [0, 0.05) is 29.6 Å². The fourth-order valence-corrected chi connectivity index (χ4v) is 0. The fraction of sp³-hybridized carbons (Fsp3) is 0. The van der Waals surface area contributed by atoms with Crippen LogP contribution in [-0.4, -0.2) is 29.6 Å². The largest absolute Gasteiger partial charge is 3.00 e. The normalized spacial score (nSPS) is 1.91. The molecule has 0 amide bonds. The van der Waals surface area contributed by atoms with E-state index >= 15 is 0 Å². The first-order chi connectivity index (χ1) is 4.24. The van der Waals surface area contributed by atoms with Crippen LogP contribution in [0.25, 0.3) is 0 Å². The summed E-state index contributed by atoms with van der Waals surface area (Å²) in [7, 11) is 0. The van der Waals surface area contributed by atoms with Crippen molar-refractivity contribution in [2.24, 2.45) is 0 Å². The Bertz CT molecular complexity index is 117. The molecule has 57 valence electrons. The van der Waals surface area contributed by atoms with Crippen molar-refractivity contribution in [3.8, 4) is 16.2 Å². The third-order valence-electron chi connectivity index (χ3n) is 0. The Labute approximate surface area is 120 Å². The maximum Gasteiger partial charge on any atom is 3.00 e. The van der Waals surface area contributed by atoms with Gasteiger partial charge in [-0.2, -0.15) is 0 Å². The second kappa shape index (κ2) is 70.7. The molecule has 8 heteroatoms. The van der Waals surface area contributed by atoms with Crippen LogP contribution in [0.3, 0.4) is 0 Å². The number of hydrogen-bond donors (Lipinski definition) is 0. The molecule has 0 atom stereocenters. The molecule has 3 nitrogen and oxygen atoms in total. The Kier molecular flexibility index (Phi) is 191. The Morgan fingerprint density at radius 2 is 0.727 bits per heavy atom. The predicted octanol–water partition coefficient (Wildman–Crippen LogP) is -0.340. The molecular formula is C3AuN3NaS3. The van der Waals surface area contributed by atoms with Gasteiger partial charge in [0.25, 0.3) is 0 Å². The molecule has 0 saturated heterocycles. The van der Waals surface area contributed by atoms with Crippen molar-refractivity contribution >= 4 is 67.4 Å². The third-order valence-corrected chi connectivity index (χ3v) is 0. The molecule has 0 aromatic rings. The van der Waals surface area contributed by atoms with Gasteiger partial charge in [-0.15, -0.1) is 0 Å². The monoisotopic (exact) mass is 394 g/mol. The number of thiocyanates is 3. The molecule has 0 fully saturated rings. The van der Waals surface area contributed by atoms with Crippen molar-refractivity contribution in [2.75, 3.05) is 0 Å². The zero-order valence-electron chi connectivity index (χ0n) is 5.37. The van der Waals surface area contributed by atoms with Crippen molar-refractivity contribution in [3.63, 3.8) is 0 Å². The van der Waals surface area contributed by atoms with E-state index in [4.69, 9.17) is 15.8 Å². The van der Waals surface area contributed by atoms with E-state index in [2.05, 4.69) is 37.9 Å². The van der Waals surface area contributed by atoms with Crippen LogP contribution < -0.4 is 0 Å². The second-order valence-corrected chi connectivity index (χ2v) is 0.822. The Morgan fingerprint density at radius 1 is 0.727 bits per heavy atom. The summed E-state index contributed by atoms with van der Waals surface area (Å²) in [5.41, 5.74) is 0. The smallest absolute Gasteiger partial charge is 0.696 e. The molecule has 0 bridgehead atoms. The molecule has 0 heterocycles. The van der Waals surface area contributed by atoms with Crippen molar-refractivity contribution in [2.45, 2.75) is 0 Å². The van der Waals surface area contributed by atoms with Crippen LogP contribution >= 0.6 is 0 Å². The zero-order valence-corrected chi connectivity index (χ0v) is 12.0. The predicted molar refractivity (Wildman–Crippen MR) is 44.7 cm³/mol. The van der Waals surface area contributed by atoms with E-state index in [1.54, 1.807) is 0 Å². The van der Waals surface area contributed by atoms with E-state index in [1.165, 1.54) is 16.2 Å². The summed E-state index contributed by atoms with van der Waals surface area (Å²) < 4.78 is 0. The molecule has 0 aliphatic rings. The van der Waals surface area contributed by atoms with Crippen LogP contribution in [0.4, 0.5) is 0 Å². The van der Waals surface area contributed by atoms with Gasteiger partial charge >= 0.3 is 22.4 Å². The van der Waals surface area contributed by atoms with Gasteiger partial charge in [0.1, 0.15) is 0 Å². The van der Waals surface area contributed by atoms with Gasteiger partial charge in [0.2, 0.25) is 0 Å². The first kappa shape index (κ1) is 29.7. The number of hydrogen-bond acceptors (Lipinski definition) is 6. The van der Waals surface area contributed by atoms with Gasteiger partial charge in [-0.1, -0.05) is 16.2 Å². The van der Waals surface area contributed by atoms with E-state index in [0.717, 1.165) is 0 Å². The quantitative estimate of drug-likeness (QED) is 0.318. The summed E-state index contributed by atoms with van der Waals surface area (Å²) in [4.78, 5) is 0. The molecule has 0 aliphatic carbocycles. The molecular weight excluding hydrogens is 394 g/mol. The Balaban J connectivity index is -0.0000000150. The summed E-state index contributed by atoms with van der Waals surface area (Å²) in [5.74, 6) is 0. The van der Waals surface area contributed by atoms with Crippen LogP contribution in [-0.2, 0) is 60.3 Å². The summed E-state index contributed by atoms with van der Waals surface area (Å²) >= 11 is 11.1. The van der Waals surface area contributed by atoms with Crippen LogP contribution in [0.1, 0.15) is 0 Å². The topological polar surface area (TPSA) is 71.4 Å². The molecule has 0 saturated carbocycles. The summed E-state index contributed by atoms with van der Waals surface area (Å²) in [6.45, 7) is 0. The molecule has 0 unspecified atom stereocenters. The minimum Gasteiger partial charge on any atom is -0.696 e. The molecule has 0 aromatic heterocycles. The summed E-state index contributed by atoms with van der Waals surface area (Å²) in [5, 5.41) is 25.4. The van der Waals surface area contributed by atoms with E-state index in [-0.39, 0.29) is 51.9 Å². The van der Waals surface area contributed by atoms with E-state index in [0.29, 0.717) is 0 Å². The fourth-order valence-electron chi connectivity index (χ4n) is 0. The molecule has 0 aromatic carbocycles. The van der Waals surface area contributed by atoms with Crippen molar-refractivity contribution in [1.29, 1.82) is 15.8 Å². The Hall–Kier alpha value is 0.870. The van der Waals surface area contributed by atoms with E-state index in [9.17, 15) is 0 Å². The molecule has 0 N–H and O–H groups in total. The van der Waals surface area contributed by atoms with Gasteiger partial charge in [0.05, 0.1) is 0 Å². The second-order valence-electron chi connectivity index (χ2n) is 0.274. The van der Waals surface area contributed by atoms with Gasteiger partial charge in [-0.3, -0.25) is 0 Å². The third kappa shape index (κ3) is 1130. The van der Waals surface area contributed by atoms with Gasteiger partial charge in [-0.05, 0) is 0 Å². The maximum atomic E-state index is 7.13. The van der Waals surface area contributed by atoms with Crippen LogP contribution in [0.15, 0.2) is 0 Å². The van der Waals surface area contributed by atoms with E-state index < -0.39 is 0 Å². The van der Waals surface area contributed by atoms with Gasteiger partial charge in [-0.25, -0.2) is 15.8 Å². The molecule has 0 rings (SSSR count). The summed E-state index contributed by atoms with van der Waals surface area (Å²) in [6.07, 6.45) is 0. The van der Waals surface area contributed by atoms with Crippen LogP contribution in [0.5, 0.6) is 0 Å². The summed E-state index contributed by atoms with van der Waals surface area (Å²) in [6, 6.07) is 0. The minimum atomic E-state index is 0. The zero-order chi connectivity index (χ0) is 8.12. The average Bonchev–Trinajstić information content (AvgIpc) is 1.70.